The molecule has 0 aromatic heterocycles. The monoisotopic (exact) mass is 584 g/mol. The van der Waals surface area contributed by atoms with Crippen molar-refractivity contribution < 1.29 is 38.8 Å². The Bertz CT molecular complexity index is 1610. The second-order valence-electron chi connectivity index (χ2n) is 12.5. The molecule has 5 atom stereocenters. The maximum Gasteiger partial charge on any atom is 0.310 e. The summed E-state index contributed by atoms with van der Waals surface area (Å²) in [5.74, 6) is -3.35. The van der Waals surface area contributed by atoms with Crippen molar-refractivity contribution in [1.29, 1.82) is 0 Å². The fraction of sp³-hybridized carbons (Fsp3) is 0.400. The van der Waals surface area contributed by atoms with Crippen molar-refractivity contribution in [3.05, 3.63) is 88.0 Å². The molecular formula is C35H36O8. The van der Waals surface area contributed by atoms with E-state index in [0.717, 1.165) is 22.8 Å². The summed E-state index contributed by atoms with van der Waals surface area (Å²) in [5.41, 5.74) is 0.369. The number of esters is 1. The SMILES string of the molecule is CC(C)=CCc1c(O)cc(O)c2c1O[C@@]13C(=C[C@H]4C(=O)C1(CC=C(C)C)OC[C@@H]3[C@H]4COC(=O)Cc1ccccc1)C2=O. The van der Waals surface area contributed by atoms with Crippen LogP contribution in [-0.2, 0) is 31.9 Å². The summed E-state index contributed by atoms with van der Waals surface area (Å²) in [5, 5.41) is 21.8. The van der Waals surface area contributed by atoms with Gasteiger partial charge >= 0.3 is 5.97 Å². The first kappa shape index (κ1) is 28.9. The van der Waals surface area contributed by atoms with E-state index in [4.69, 9.17) is 14.2 Å². The first-order valence-corrected chi connectivity index (χ1v) is 14.7. The zero-order valence-corrected chi connectivity index (χ0v) is 24.8. The predicted octanol–water partition coefficient (Wildman–Crippen LogP) is 5.20. The van der Waals surface area contributed by atoms with Gasteiger partial charge in [-0.3, -0.25) is 14.4 Å². The van der Waals surface area contributed by atoms with Crippen LogP contribution in [0.4, 0.5) is 0 Å². The van der Waals surface area contributed by atoms with E-state index < -0.39 is 40.7 Å². The van der Waals surface area contributed by atoms with E-state index in [1.165, 1.54) is 0 Å². The molecule has 0 radical (unpaired) electrons. The largest absolute Gasteiger partial charge is 0.507 e. The van der Waals surface area contributed by atoms with Gasteiger partial charge in [0.15, 0.2) is 22.8 Å². The first-order valence-electron chi connectivity index (χ1n) is 14.7. The molecule has 2 aliphatic heterocycles. The molecule has 8 heteroatoms. The molecule has 5 aliphatic rings. The number of benzene rings is 2. The highest BCUT2D eigenvalue weighted by Gasteiger charge is 2.79. The number of aromatic hydroxyl groups is 2. The molecule has 2 heterocycles. The van der Waals surface area contributed by atoms with E-state index in [-0.39, 0.29) is 66.6 Å². The highest BCUT2D eigenvalue weighted by Crippen LogP contribution is 2.65. The van der Waals surface area contributed by atoms with Crippen LogP contribution in [0.3, 0.4) is 0 Å². The minimum atomic E-state index is -1.52. The van der Waals surface area contributed by atoms with E-state index in [1.807, 2.05) is 70.2 Å². The van der Waals surface area contributed by atoms with Gasteiger partial charge in [-0.25, -0.2) is 0 Å². The van der Waals surface area contributed by atoms with Crippen LogP contribution in [0.25, 0.3) is 0 Å². The molecule has 1 unspecified atom stereocenters. The molecule has 1 saturated heterocycles. The topological polar surface area (TPSA) is 119 Å². The molecule has 224 valence electrons. The number of carbonyl (C=O) groups is 3. The number of allylic oxidation sites excluding steroid dienone is 4. The lowest BCUT2D eigenvalue weighted by molar-refractivity contribution is -0.174. The smallest absolute Gasteiger partial charge is 0.310 e. The maximum absolute atomic E-state index is 14.4. The Morgan fingerprint density at radius 2 is 1.77 bits per heavy atom. The second kappa shape index (κ2) is 10.5. The number of phenols is 2. The molecule has 0 amide bonds. The standard InChI is InChI=1S/C35H36O8/c1-19(2)10-11-22-27(36)16-28(37)30-31(39)25-15-23-24(17-41-29(38)14-21-8-6-5-7-9-21)26-18-42-34(33(23)40,13-12-20(3)4)35(25,26)43-32(22)30/h5-10,12,15-16,23-24,26,36-37H,11,13-14,17-18H2,1-4H3/t23-,24+,26-,34?,35-/m1/s1. The third-order valence-corrected chi connectivity index (χ3v) is 9.27. The molecule has 7 rings (SSSR count). The summed E-state index contributed by atoms with van der Waals surface area (Å²) in [6.07, 6.45) is 5.98. The zero-order valence-electron chi connectivity index (χ0n) is 24.8. The van der Waals surface area contributed by atoms with Crippen molar-refractivity contribution >= 4 is 17.5 Å². The minimum absolute atomic E-state index is 0.0329. The lowest BCUT2D eigenvalue weighted by atomic mass is 9.49. The molecule has 1 saturated carbocycles. The van der Waals surface area contributed by atoms with Crippen LogP contribution < -0.4 is 4.74 Å². The van der Waals surface area contributed by atoms with E-state index >= 15 is 0 Å². The second-order valence-corrected chi connectivity index (χ2v) is 12.5. The molecule has 2 aromatic carbocycles. The highest BCUT2D eigenvalue weighted by atomic mass is 16.6. The fourth-order valence-electron chi connectivity index (χ4n) is 7.21. The number of rotatable bonds is 8. The van der Waals surface area contributed by atoms with E-state index in [0.29, 0.717) is 5.56 Å². The van der Waals surface area contributed by atoms with Crippen LogP contribution >= 0.6 is 0 Å². The number of ketones is 2. The number of phenolic OH excluding ortho intramolecular Hbond substituents is 2. The lowest BCUT2D eigenvalue weighted by Gasteiger charge is -2.58. The van der Waals surface area contributed by atoms with Crippen molar-refractivity contribution in [1.82, 2.24) is 0 Å². The molecule has 1 spiro atoms. The number of ether oxygens (including phenoxy) is 3. The van der Waals surface area contributed by atoms with E-state index in [9.17, 15) is 24.6 Å². The van der Waals surface area contributed by atoms with Gasteiger partial charge in [0.25, 0.3) is 0 Å². The molecular weight excluding hydrogens is 548 g/mol. The van der Waals surface area contributed by atoms with Crippen LogP contribution in [0.1, 0.15) is 55.6 Å². The molecule has 2 N–H and O–H groups in total. The van der Waals surface area contributed by atoms with Crippen LogP contribution in [0, 0.1) is 17.8 Å². The number of hydrogen-bond donors (Lipinski definition) is 2. The van der Waals surface area contributed by atoms with Gasteiger partial charge in [-0.05, 0) is 39.7 Å². The molecule has 8 nitrogen and oxygen atoms in total. The number of hydrogen-bond acceptors (Lipinski definition) is 8. The first-order chi connectivity index (χ1) is 20.5. The zero-order chi connectivity index (χ0) is 30.7. The van der Waals surface area contributed by atoms with Gasteiger partial charge in [-0.15, -0.1) is 0 Å². The predicted molar refractivity (Wildman–Crippen MR) is 158 cm³/mol. The van der Waals surface area contributed by atoms with Gasteiger partial charge in [0, 0.05) is 41.4 Å². The molecule has 2 fully saturated rings. The fourth-order valence-corrected chi connectivity index (χ4v) is 7.21. The minimum Gasteiger partial charge on any atom is -0.507 e. The van der Waals surface area contributed by atoms with Crippen LogP contribution in [-0.4, -0.2) is 52.2 Å². The summed E-state index contributed by atoms with van der Waals surface area (Å²) in [7, 11) is 0. The maximum atomic E-state index is 14.4. The molecule has 3 aliphatic carbocycles. The van der Waals surface area contributed by atoms with Gasteiger partial charge in [-0.2, -0.15) is 0 Å². The van der Waals surface area contributed by atoms with Crippen molar-refractivity contribution in [2.24, 2.45) is 17.8 Å². The number of Topliss-reactive ketones (excluding diaryl/α,β-unsaturated/α-hetero) is 2. The van der Waals surface area contributed by atoms with Gasteiger partial charge in [0.05, 0.1) is 19.6 Å². The van der Waals surface area contributed by atoms with Crippen molar-refractivity contribution in [3.8, 4) is 17.2 Å². The van der Waals surface area contributed by atoms with Gasteiger partial charge in [0.1, 0.15) is 22.8 Å². The average molecular weight is 585 g/mol. The molecule has 43 heavy (non-hydrogen) atoms. The third-order valence-electron chi connectivity index (χ3n) is 9.27. The Hall–Kier alpha value is -4.17. The van der Waals surface area contributed by atoms with Crippen molar-refractivity contribution in [3.63, 3.8) is 0 Å². The van der Waals surface area contributed by atoms with Crippen LogP contribution in [0.5, 0.6) is 17.2 Å². The van der Waals surface area contributed by atoms with Gasteiger partial charge in [0.2, 0.25) is 0 Å². The quantitative estimate of drug-likeness (QED) is 0.321. The number of carbonyl (C=O) groups excluding carboxylic acids is 3. The highest BCUT2D eigenvalue weighted by molar-refractivity contribution is 6.18. The Balaban J connectivity index is 1.45. The van der Waals surface area contributed by atoms with Crippen molar-refractivity contribution in [2.75, 3.05) is 13.2 Å². The summed E-state index contributed by atoms with van der Waals surface area (Å²) >= 11 is 0. The van der Waals surface area contributed by atoms with E-state index in [2.05, 4.69) is 0 Å². The summed E-state index contributed by atoms with van der Waals surface area (Å²) in [6.45, 7) is 7.77. The lowest BCUT2D eigenvalue weighted by Crippen LogP contribution is -2.74. The Labute approximate surface area is 250 Å². The van der Waals surface area contributed by atoms with Gasteiger partial charge in [-0.1, -0.05) is 59.7 Å². The average Bonchev–Trinajstić information content (AvgIpc) is 3.24. The normalized spacial score (nSPS) is 27.9. The Morgan fingerprint density at radius 3 is 2.47 bits per heavy atom. The van der Waals surface area contributed by atoms with Gasteiger partial charge < -0.3 is 24.4 Å². The van der Waals surface area contributed by atoms with Crippen LogP contribution in [0.2, 0.25) is 0 Å². The molecule has 2 aromatic rings. The summed E-state index contributed by atoms with van der Waals surface area (Å²) in [6, 6.07) is 10.4. The Morgan fingerprint density at radius 1 is 1.05 bits per heavy atom. The van der Waals surface area contributed by atoms with Crippen molar-refractivity contribution in [2.45, 2.75) is 58.2 Å². The van der Waals surface area contributed by atoms with E-state index in [1.54, 1.807) is 6.08 Å². The third kappa shape index (κ3) is 4.34. The molecule has 4 bridgehead atoms. The summed E-state index contributed by atoms with van der Waals surface area (Å²) < 4.78 is 19.1. The Kier molecular flexibility index (Phi) is 7.08. The number of fused-ring (bicyclic) bond motifs is 1. The van der Waals surface area contributed by atoms with Crippen LogP contribution in [0.15, 0.2) is 71.3 Å². The summed E-state index contributed by atoms with van der Waals surface area (Å²) in [4.78, 5) is 41.5.